The van der Waals surface area contributed by atoms with E-state index in [2.05, 4.69) is 16.3 Å². The predicted molar refractivity (Wildman–Crippen MR) is 109 cm³/mol. The summed E-state index contributed by atoms with van der Waals surface area (Å²) in [4.78, 5) is 29.2. The lowest BCUT2D eigenvalue weighted by atomic mass is 10.1. The minimum atomic E-state index is -0.504. The largest absolute Gasteiger partial charge is 0.362 e. The number of fused-ring (bicyclic) bond motifs is 1. The molecule has 28 heavy (non-hydrogen) atoms. The molecule has 0 fully saturated rings. The fourth-order valence-electron chi connectivity index (χ4n) is 3.40. The van der Waals surface area contributed by atoms with Gasteiger partial charge in [-0.25, -0.2) is 4.39 Å². The van der Waals surface area contributed by atoms with E-state index >= 15 is 0 Å². The van der Waals surface area contributed by atoms with E-state index in [-0.39, 0.29) is 30.7 Å². The zero-order valence-electron chi connectivity index (χ0n) is 16.5. The van der Waals surface area contributed by atoms with Gasteiger partial charge >= 0.3 is 0 Å². The highest BCUT2D eigenvalue weighted by Crippen LogP contribution is 2.27. The van der Waals surface area contributed by atoms with Crippen molar-refractivity contribution in [1.82, 2.24) is 4.90 Å². The van der Waals surface area contributed by atoms with Crippen LogP contribution in [0.5, 0.6) is 0 Å². The van der Waals surface area contributed by atoms with Crippen LogP contribution in [0.2, 0.25) is 0 Å². The number of rotatable bonds is 5. The van der Waals surface area contributed by atoms with Gasteiger partial charge in [-0.05, 0) is 63.1 Å². The average Bonchev–Trinajstić information content (AvgIpc) is 3.04. The second-order valence-corrected chi connectivity index (χ2v) is 8.01. The molecule has 2 aromatic rings. The first-order valence-electron chi connectivity index (χ1n) is 9.43. The average molecular weight is 383 g/mol. The van der Waals surface area contributed by atoms with E-state index in [1.54, 1.807) is 4.90 Å². The second kappa shape index (κ2) is 8.00. The summed E-state index contributed by atoms with van der Waals surface area (Å²) in [7, 11) is 0. The Hall–Kier alpha value is -2.89. The normalized spacial score (nSPS) is 13.2. The van der Waals surface area contributed by atoms with Gasteiger partial charge in [0.1, 0.15) is 12.4 Å². The van der Waals surface area contributed by atoms with Gasteiger partial charge in [0.05, 0.1) is 6.54 Å². The molecule has 5 nitrogen and oxygen atoms in total. The fraction of sp³-hybridized carbons (Fsp3) is 0.364. The number of nitrogens with zero attached hydrogens (tertiary/aromatic N) is 2. The van der Waals surface area contributed by atoms with Crippen LogP contribution in [-0.4, -0.2) is 41.9 Å². The maximum absolute atomic E-state index is 13.0. The molecule has 0 saturated carbocycles. The van der Waals surface area contributed by atoms with Gasteiger partial charge in [0.2, 0.25) is 11.8 Å². The van der Waals surface area contributed by atoms with Gasteiger partial charge in [0.25, 0.3) is 0 Å². The minimum Gasteiger partial charge on any atom is -0.362 e. The van der Waals surface area contributed by atoms with E-state index in [1.807, 2.05) is 39.0 Å². The van der Waals surface area contributed by atoms with Crippen molar-refractivity contribution in [1.29, 1.82) is 0 Å². The maximum Gasteiger partial charge on any atom is 0.244 e. The molecule has 2 aromatic carbocycles. The summed E-state index contributed by atoms with van der Waals surface area (Å²) in [5, 5.41) is 2.72. The summed E-state index contributed by atoms with van der Waals surface area (Å²) in [5.74, 6) is -0.773. The number of benzene rings is 2. The van der Waals surface area contributed by atoms with E-state index < -0.39 is 5.54 Å². The molecular formula is C22H26FN3O2. The monoisotopic (exact) mass is 383 g/mol. The topological polar surface area (TPSA) is 52.7 Å². The Balaban J connectivity index is 1.67. The Morgan fingerprint density at radius 3 is 2.46 bits per heavy atom. The molecule has 2 amide bonds. The highest BCUT2D eigenvalue weighted by molar-refractivity contribution is 5.95. The third-order valence-electron chi connectivity index (χ3n) is 4.85. The first-order chi connectivity index (χ1) is 13.2. The molecular weight excluding hydrogens is 357 g/mol. The summed E-state index contributed by atoms with van der Waals surface area (Å²) in [6, 6.07) is 13.6. The van der Waals surface area contributed by atoms with Crippen LogP contribution in [0.1, 0.15) is 26.3 Å². The van der Waals surface area contributed by atoms with Crippen LogP contribution in [0.3, 0.4) is 0 Å². The van der Waals surface area contributed by atoms with Crippen molar-refractivity contribution in [3.63, 3.8) is 0 Å². The van der Waals surface area contributed by atoms with E-state index in [1.165, 1.54) is 29.8 Å². The van der Waals surface area contributed by atoms with E-state index in [0.717, 1.165) is 18.7 Å². The molecule has 0 radical (unpaired) electrons. The summed E-state index contributed by atoms with van der Waals surface area (Å²) in [5.41, 5.74) is 2.32. The quantitative estimate of drug-likeness (QED) is 0.860. The van der Waals surface area contributed by atoms with Gasteiger partial charge in [-0.2, -0.15) is 0 Å². The SMILES string of the molecule is CC(C)(C)N(CC(=O)Nc1ccc(F)cc1)C(=O)CN1CCc2ccccc21. The molecule has 1 aliphatic rings. The molecule has 1 heterocycles. The van der Waals surface area contributed by atoms with Gasteiger partial charge in [-0.3, -0.25) is 9.59 Å². The molecule has 6 heteroatoms. The van der Waals surface area contributed by atoms with Crippen molar-refractivity contribution < 1.29 is 14.0 Å². The molecule has 148 valence electrons. The Labute approximate surface area is 165 Å². The fourth-order valence-corrected chi connectivity index (χ4v) is 3.40. The van der Waals surface area contributed by atoms with Crippen LogP contribution in [0, 0.1) is 5.82 Å². The molecule has 0 spiro atoms. The third-order valence-corrected chi connectivity index (χ3v) is 4.85. The zero-order valence-corrected chi connectivity index (χ0v) is 16.5. The number of para-hydroxylation sites is 1. The Morgan fingerprint density at radius 2 is 1.79 bits per heavy atom. The van der Waals surface area contributed by atoms with Crippen LogP contribution in [0.4, 0.5) is 15.8 Å². The molecule has 1 aliphatic heterocycles. The first kappa shape index (κ1) is 19.9. The smallest absolute Gasteiger partial charge is 0.244 e. The molecule has 1 N–H and O–H groups in total. The summed E-state index contributed by atoms with van der Waals surface area (Å²) >= 11 is 0. The second-order valence-electron chi connectivity index (χ2n) is 8.01. The molecule has 3 rings (SSSR count). The van der Waals surface area contributed by atoms with Crippen LogP contribution in [0.15, 0.2) is 48.5 Å². The summed E-state index contributed by atoms with van der Waals surface area (Å²) in [6.45, 7) is 6.70. The van der Waals surface area contributed by atoms with Crippen molar-refractivity contribution in [2.75, 3.05) is 29.9 Å². The lowest BCUT2D eigenvalue weighted by Crippen LogP contribution is -2.52. The first-order valence-corrected chi connectivity index (χ1v) is 9.43. The molecule has 0 aliphatic carbocycles. The zero-order chi connectivity index (χ0) is 20.3. The molecule has 0 atom stereocenters. The number of halogens is 1. The summed E-state index contributed by atoms with van der Waals surface area (Å²) < 4.78 is 13.0. The Morgan fingerprint density at radius 1 is 1.11 bits per heavy atom. The maximum atomic E-state index is 13.0. The van der Waals surface area contributed by atoms with Crippen LogP contribution < -0.4 is 10.2 Å². The van der Waals surface area contributed by atoms with Gasteiger partial charge in [0, 0.05) is 23.5 Å². The van der Waals surface area contributed by atoms with E-state index in [4.69, 9.17) is 0 Å². The van der Waals surface area contributed by atoms with Crippen molar-refractivity contribution in [3.05, 3.63) is 59.9 Å². The van der Waals surface area contributed by atoms with Crippen molar-refractivity contribution in [2.45, 2.75) is 32.7 Å². The van der Waals surface area contributed by atoms with Crippen LogP contribution in [-0.2, 0) is 16.0 Å². The Bertz CT molecular complexity index is 859. The molecule has 0 unspecified atom stereocenters. The van der Waals surface area contributed by atoms with Crippen molar-refractivity contribution in [3.8, 4) is 0 Å². The predicted octanol–water partition coefficient (Wildman–Crippen LogP) is 3.45. The number of hydrogen-bond donors (Lipinski definition) is 1. The van der Waals surface area contributed by atoms with Crippen LogP contribution >= 0.6 is 0 Å². The summed E-state index contributed by atoms with van der Waals surface area (Å²) in [6.07, 6.45) is 0.921. The van der Waals surface area contributed by atoms with Gasteiger partial charge in [-0.15, -0.1) is 0 Å². The third kappa shape index (κ3) is 4.68. The highest BCUT2D eigenvalue weighted by Gasteiger charge is 2.31. The molecule has 0 saturated heterocycles. The number of hydrogen-bond acceptors (Lipinski definition) is 3. The van der Waals surface area contributed by atoms with Crippen molar-refractivity contribution in [2.24, 2.45) is 0 Å². The van der Waals surface area contributed by atoms with E-state index in [9.17, 15) is 14.0 Å². The Kier molecular flexibility index (Phi) is 5.68. The minimum absolute atomic E-state index is 0.0603. The van der Waals surface area contributed by atoms with Gasteiger partial charge < -0.3 is 15.1 Å². The van der Waals surface area contributed by atoms with Gasteiger partial charge in [-0.1, -0.05) is 18.2 Å². The number of amides is 2. The number of anilines is 2. The van der Waals surface area contributed by atoms with E-state index in [0.29, 0.717) is 5.69 Å². The lowest BCUT2D eigenvalue weighted by molar-refractivity contribution is -0.138. The highest BCUT2D eigenvalue weighted by atomic mass is 19.1. The van der Waals surface area contributed by atoms with Gasteiger partial charge in [0.15, 0.2) is 0 Å². The number of nitrogens with one attached hydrogen (secondary N) is 1. The number of carbonyl (C=O) groups excluding carboxylic acids is 2. The number of carbonyl (C=O) groups is 2. The molecule has 0 aromatic heterocycles. The standard InChI is InChI=1S/C22H26FN3O2/c1-22(2,3)26(14-20(27)24-18-10-8-17(23)9-11-18)21(28)15-25-13-12-16-6-4-5-7-19(16)25/h4-11H,12-15H2,1-3H3,(H,24,27). The lowest BCUT2D eigenvalue weighted by Gasteiger charge is -2.36. The molecule has 0 bridgehead atoms. The van der Waals surface area contributed by atoms with Crippen molar-refractivity contribution >= 4 is 23.2 Å². The van der Waals surface area contributed by atoms with Crippen LogP contribution in [0.25, 0.3) is 0 Å².